The molecule has 0 amide bonds. The number of hydrogen-bond acceptors (Lipinski definition) is 7. The quantitative estimate of drug-likeness (QED) is 0.0211. The Bertz CT molecular complexity index is 1850. The van der Waals surface area contributed by atoms with Crippen molar-refractivity contribution in [2.45, 2.75) is 463 Å². The summed E-state index contributed by atoms with van der Waals surface area (Å²) in [6, 6.07) is 0. The Kier molecular flexibility index (Phi) is 80.2. The number of aliphatic carboxylic acids is 1. The van der Waals surface area contributed by atoms with Crippen molar-refractivity contribution in [3.8, 4) is 0 Å². The Morgan fingerprint density at radius 2 is 0.564 bits per heavy atom. The molecule has 101 heavy (non-hydrogen) atoms. The van der Waals surface area contributed by atoms with E-state index in [0.717, 1.165) is 70.6 Å². The van der Waals surface area contributed by atoms with Crippen molar-refractivity contribution in [1.29, 1.82) is 0 Å². The maximum absolute atomic E-state index is 13.0. The Hall–Kier alpha value is -3.01. The molecule has 0 fully saturated rings. The molecule has 0 aromatic heterocycles. The van der Waals surface area contributed by atoms with E-state index in [1.807, 2.05) is 21.1 Å². The highest BCUT2D eigenvalue weighted by Gasteiger charge is 2.25. The lowest BCUT2D eigenvalue weighted by Gasteiger charge is -2.25. The number of quaternary nitrogens is 1. The number of rotatable bonds is 84. The molecule has 0 heterocycles. The van der Waals surface area contributed by atoms with Crippen molar-refractivity contribution in [2.75, 3.05) is 47.5 Å². The van der Waals surface area contributed by atoms with Crippen molar-refractivity contribution < 1.29 is 42.9 Å². The molecule has 9 heteroatoms. The van der Waals surface area contributed by atoms with Gasteiger partial charge in [-0.3, -0.25) is 9.59 Å². The maximum atomic E-state index is 13.0. The van der Waals surface area contributed by atoms with Crippen LogP contribution in [0, 0.1) is 0 Å². The second-order valence-corrected chi connectivity index (χ2v) is 31.5. The number of carboxylic acid groups (broad SMARTS) is 1. The Morgan fingerprint density at radius 1 is 0.307 bits per heavy atom. The van der Waals surface area contributed by atoms with E-state index in [1.54, 1.807) is 0 Å². The number of ether oxygens (including phenoxy) is 4. The van der Waals surface area contributed by atoms with Crippen LogP contribution < -0.4 is 0 Å². The number of carbonyl (C=O) groups is 3. The molecule has 0 spiro atoms. The zero-order chi connectivity index (χ0) is 73.2. The van der Waals surface area contributed by atoms with Crippen molar-refractivity contribution in [3.63, 3.8) is 0 Å². The molecule has 0 rings (SSSR count). The number of carboxylic acids is 1. The summed E-state index contributed by atoms with van der Waals surface area (Å²) in [6.45, 7) is 4.85. The van der Waals surface area contributed by atoms with Crippen LogP contribution in [0.4, 0.5) is 0 Å². The van der Waals surface area contributed by atoms with Crippen LogP contribution in [0.2, 0.25) is 0 Å². The number of unbranched alkanes of at least 4 members (excludes halogenated alkanes) is 59. The van der Waals surface area contributed by atoms with E-state index in [2.05, 4.69) is 74.6 Å². The second kappa shape index (κ2) is 82.6. The van der Waals surface area contributed by atoms with E-state index in [0.29, 0.717) is 17.4 Å². The Balaban J connectivity index is 3.90. The molecule has 9 nitrogen and oxygen atoms in total. The third-order valence-corrected chi connectivity index (χ3v) is 20.3. The lowest BCUT2D eigenvalue weighted by molar-refractivity contribution is -0.870. The van der Waals surface area contributed by atoms with Gasteiger partial charge < -0.3 is 28.5 Å². The Morgan fingerprint density at radius 3 is 0.842 bits per heavy atom. The smallest absolute Gasteiger partial charge is 0.361 e. The third-order valence-electron chi connectivity index (χ3n) is 20.3. The van der Waals surface area contributed by atoms with Gasteiger partial charge in [-0.15, -0.1) is 0 Å². The van der Waals surface area contributed by atoms with Gasteiger partial charge >= 0.3 is 17.9 Å². The predicted octanol–water partition coefficient (Wildman–Crippen LogP) is 28.9. The molecule has 1 N–H and O–H groups in total. The molecule has 0 radical (unpaired) electrons. The van der Waals surface area contributed by atoms with Gasteiger partial charge in [0.25, 0.3) is 6.29 Å². The van der Waals surface area contributed by atoms with Crippen LogP contribution >= 0.6 is 0 Å². The van der Waals surface area contributed by atoms with Crippen molar-refractivity contribution in [1.82, 2.24) is 0 Å². The summed E-state index contributed by atoms with van der Waals surface area (Å²) < 4.78 is 23.1. The second-order valence-electron chi connectivity index (χ2n) is 31.5. The molecule has 0 aromatic rings. The normalized spacial score (nSPS) is 12.8. The van der Waals surface area contributed by atoms with Crippen molar-refractivity contribution in [2.24, 2.45) is 0 Å². The molecule has 2 atom stereocenters. The summed E-state index contributed by atoms with van der Waals surface area (Å²) in [6.07, 6.45) is 109. The number of esters is 2. The van der Waals surface area contributed by atoms with Crippen molar-refractivity contribution in [3.05, 3.63) is 60.8 Å². The summed E-state index contributed by atoms with van der Waals surface area (Å²) in [4.78, 5) is 37.8. The van der Waals surface area contributed by atoms with Gasteiger partial charge in [0.15, 0.2) is 6.10 Å². The van der Waals surface area contributed by atoms with E-state index < -0.39 is 18.4 Å². The fourth-order valence-corrected chi connectivity index (χ4v) is 13.6. The van der Waals surface area contributed by atoms with Crippen LogP contribution in [0.15, 0.2) is 60.8 Å². The van der Waals surface area contributed by atoms with Crippen LogP contribution in [0.5, 0.6) is 0 Å². The average Bonchev–Trinajstić information content (AvgIpc) is 1.21. The van der Waals surface area contributed by atoms with E-state index >= 15 is 0 Å². The predicted molar refractivity (Wildman–Crippen MR) is 438 cm³/mol. The lowest BCUT2D eigenvalue weighted by atomic mass is 10.0. The summed E-state index contributed by atoms with van der Waals surface area (Å²) in [7, 11) is 6.00. The third kappa shape index (κ3) is 84.1. The van der Waals surface area contributed by atoms with Crippen LogP contribution in [0.25, 0.3) is 0 Å². The molecule has 0 saturated heterocycles. The zero-order valence-electron chi connectivity index (χ0n) is 68.1. The topological polar surface area (TPSA) is 108 Å². The first-order valence-corrected chi connectivity index (χ1v) is 44.5. The standard InChI is InChI=1S/C92H171NO8/c1-6-8-10-12-14-16-18-20-22-24-26-28-30-32-34-36-38-40-42-44-45-47-49-51-53-55-57-59-61-63-65-67-69-71-73-75-77-79-81-83-90(95)101-88(87-100-92(91(96)97)98-85-84-93(3,4)5)86-99-89(94)82-80-78-76-74-72-70-68-66-64-62-60-58-56-54-52-50-48-46-43-41-39-37-35-33-31-29-27-25-23-21-19-17-15-13-11-9-7-2/h8,10,14,16,20,22,26,28,32,34,88,92H,6-7,9,11-13,15,17-19,21,23-25,27,29-31,33,35-87H2,1-5H3/p+1/b10-8-,16-14-,22-20-,28-26-,34-32-. The van der Waals surface area contributed by atoms with E-state index in [1.165, 1.54) is 353 Å². The highest BCUT2D eigenvalue weighted by atomic mass is 16.7. The Labute approximate surface area is 628 Å². The highest BCUT2D eigenvalue weighted by Crippen LogP contribution is 2.21. The lowest BCUT2D eigenvalue weighted by Crippen LogP contribution is -2.40. The van der Waals surface area contributed by atoms with Crippen LogP contribution in [-0.2, 0) is 33.3 Å². The molecule has 0 bridgehead atoms. The number of allylic oxidation sites excluding steroid dienone is 10. The van der Waals surface area contributed by atoms with Crippen molar-refractivity contribution >= 4 is 17.9 Å². The molecule has 0 aliphatic rings. The van der Waals surface area contributed by atoms with Gasteiger partial charge in [-0.05, 0) is 57.8 Å². The molecule has 2 unspecified atom stereocenters. The summed E-state index contributed by atoms with van der Waals surface area (Å²) in [5, 5.41) is 9.79. The van der Waals surface area contributed by atoms with Gasteiger partial charge in [-0.1, -0.05) is 441 Å². The fourth-order valence-electron chi connectivity index (χ4n) is 13.6. The minimum atomic E-state index is -1.51. The van der Waals surface area contributed by atoms with Gasteiger partial charge in [-0.25, -0.2) is 4.79 Å². The largest absolute Gasteiger partial charge is 0.477 e. The van der Waals surface area contributed by atoms with Gasteiger partial charge in [0.2, 0.25) is 0 Å². The first-order chi connectivity index (χ1) is 49.6. The molecular weight excluding hydrogens is 1250 g/mol. The maximum Gasteiger partial charge on any atom is 0.361 e. The van der Waals surface area contributed by atoms with E-state index in [4.69, 9.17) is 18.9 Å². The first-order valence-electron chi connectivity index (χ1n) is 44.5. The van der Waals surface area contributed by atoms with Crippen LogP contribution in [0.3, 0.4) is 0 Å². The van der Waals surface area contributed by atoms with Gasteiger partial charge in [0.1, 0.15) is 13.2 Å². The first kappa shape index (κ1) is 98.0. The van der Waals surface area contributed by atoms with E-state index in [9.17, 15) is 19.5 Å². The molecule has 0 aliphatic heterocycles. The van der Waals surface area contributed by atoms with Crippen LogP contribution in [-0.4, -0.2) is 87.4 Å². The number of carbonyl (C=O) groups excluding carboxylic acids is 2. The summed E-state index contributed by atoms with van der Waals surface area (Å²) >= 11 is 0. The fraction of sp³-hybridized carbons (Fsp3) is 0.859. The SMILES string of the molecule is CC/C=C\C/C=C\C/C=C\C/C=C\C/C=C\CCCCCCCCCCCCCCCCCCCCCCCCCC(=O)OC(COC(=O)CCCCCCCCCCCCCCCCCCCCCCCCCCCCCCCCCCCCCCC)COC(OCC[N+](C)(C)C)C(=O)O. The summed E-state index contributed by atoms with van der Waals surface area (Å²) in [5.41, 5.74) is 0. The average molecular weight is 1420 g/mol. The van der Waals surface area contributed by atoms with Gasteiger partial charge in [-0.2, -0.15) is 0 Å². The molecule has 0 aliphatic carbocycles. The van der Waals surface area contributed by atoms with Crippen LogP contribution in [0.1, 0.15) is 450 Å². The minimum absolute atomic E-state index is 0.175. The van der Waals surface area contributed by atoms with Gasteiger partial charge in [0, 0.05) is 12.8 Å². The highest BCUT2D eigenvalue weighted by molar-refractivity contribution is 5.71. The molecule has 592 valence electrons. The van der Waals surface area contributed by atoms with E-state index in [-0.39, 0.29) is 38.2 Å². The number of nitrogens with zero attached hydrogens (tertiary/aromatic N) is 1. The monoisotopic (exact) mass is 1420 g/mol. The molecular formula is C92H172NO8+. The van der Waals surface area contributed by atoms with Gasteiger partial charge in [0.05, 0.1) is 34.4 Å². The summed E-state index contributed by atoms with van der Waals surface area (Å²) in [5.74, 6) is -1.97. The molecule has 0 aromatic carbocycles. The minimum Gasteiger partial charge on any atom is -0.477 e. The zero-order valence-corrected chi connectivity index (χ0v) is 68.1. The molecule has 0 saturated carbocycles. The number of likely N-dealkylation sites (N-methyl/N-ethyl adjacent to an activating group) is 1. The number of hydrogen-bond donors (Lipinski definition) is 1.